The number of nitrogens with zero attached hydrogens (tertiary/aromatic N) is 3. The third kappa shape index (κ3) is 3.98. The highest BCUT2D eigenvalue weighted by molar-refractivity contribution is 5.94. The van der Waals surface area contributed by atoms with E-state index < -0.39 is 0 Å². The van der Waals surface area contributed by atoms with Gasteiger partial charge in [-0.15, -0.1) is 0 Å². The Balaban J connectivity index is 1.50. The second-order valence-electron chi connectivity index (χ2n) is 7.52. The fourth-order valence-electron chi connectivity index (χ4n) is 4.36. The molecule has 5 rings (SSSR count). The Bertz CT molecular complexity index is 780. The summed E-state index contributed by atoms with van der Waals surface area (Å²) in [4.78, 5) is 21.6. The zero-order chi connectivity index (χ0) is 18.6. The summed E-state index contributed by atoms with van der Waals surface area (Å²) in [6.45, 7) is 6.26. The molecule has 2 aromatic rings. The van der Waals surface area contributed by atoms with E-state index >= 15 is 0 Å². The number of piperidine rings is 1. The van der Waals surface area contributed by atoms with E-state index in [1.807, 2.05) is 36.1 Å². The summed E-state index contributed by atoms with van der Waals surface area (Å²) in [6.07, 6.45) is 5.73. The minimum atomic E-state index is 0.108. The Kier molecular flexibility index (Phi) is 5.39. The average molecular weight is 365 g/mol. The van der Waals surface area contributed by atoms with Crippen molar-refractivity contribution in [3.8, 4) is 5.75 Å². The van der Waals surface area contributed by atoms with Crippen molar-refractivity contribution < 1.29 is 9.53 Å². The number of benzene rings is 1. The van der Waals surface area contributed by atoms with Crippen molar-refractivity contribution in [2.75, 3.05) is 26.2 Å². The number of amides is 1. The lowest BCUT2D eigenvalue weighted by atomic mass is 9.94. The highest BCUT2D eigenvalue weighted by atomic mass is 16.5. The molecular weight excluding hydrogens is 338 g/mol. The molecule has 0 N–H and O–H groups in total. The molecule has 1 aromatic carbocycles. The molecule has 5 nitrogen and oxygen atoms in total. The van der Waals surface area contributed by atoms with Gasteiger partial charge >= 0.3 is 0 Å². The molecule has 3 fully saturated rings. The SMILES string of the molecule is CCOc1ccccc1CN1C[C@H]2CC[C@@H]1CN(C(=O)c1cccnc1)C2. The molecule has 0 unspecified atom stereocenters. The summed E-state index contributed by atoms with van der Waals surface area (Å²) in [5, 5.41) is 0. The summed E-state index contributed by atoms with van der Waals surface area (Å²) >= 11 is 0. The first-order chi connectivity index (χ1) is 13.2. The van der Waals surface area contributed by atoms with Crippen LogP contribution >= 0.6 is 0 Å². The lowest BCUT2D eigenvalue weighted by molar-refractivity contribution is 0.0735. The smallest absolute Gasteiger partial charge is 0.255 e. The third-order valence-electron chi connectivity index (χ3n) is 5.67. The first kappa shape index (κ1) is 18.0. The van der Waals surface area contributed by atoms with Crippen molar-refractivity contribution in [2.24, 2.45) is 5.92 Å². The largest absolute Gasteiger partial charge is 0.494 e. The number of para-hydroxylation sites is 1. The van der Waals surface area contributed by atoms with Crippen molar-refractivity contribution in [1.82, 2.24) is 14.8 Å². The van der Waals surface area contributed by atoms with Gasteiger partial charge in [0, 0.05) is 50.2 Å². The minimum Gasteiger partial charge on any atom is -0.494 e. The highest BCUT2D eigenvalue weighted by Gasteiger charge is 2.36. The van der Waals surface area contributed by atoms with E-state index in [-0.39, 0.29) is 5.91 Å². The minimum absolute atomic E-state index is 0.108. The van der Waals surface area contributed by atoms with Gasteiger partial charge in [0.1, 0.15) is 5.75 Å². The normalized spacial score (nSPS) is 22.5. The average Bonchev–Trinajstić information content (AvgIpc) is 3.02. The Labute approximate surface area is 161 Å². The van der Waals surface area contributed by atoms with Crippen LogP contribution < -0.4 is 4.74 Å². The molecule has 3 aliphatic rings. The topological polar surface area (TPSA) is 45.7 Å². The van der Waals surface area contributed by atoms with E-state index in [4.69, 9.17) is 4.74 Å². The van der Waals surface area contributed by atoms with E-state index in [1.165, 1.54) is 12.0 Å². The third-order valence-corrected chi connectivity index (χ3v) is 5.67. The quantitative estimate of drug-likeness (QED) is 0.816. The first-order valence-corrected chi connectivity index (χ1v) is 9.88. The van der Waals surface area contributed by atoms with Gasteiger partial charge in [0.2, 0.25) is 0 Å². The van der Waals surface area contributed by atoms with E-state index in [0.717, 1.165) is 38.3 Å². The molecule has 1 aromatic heterocycles. The van der Waals surface area contributed by atoms with Gasteiger partial charge in [0.25, 0.3) is 5.91 Å². The number of ether oxygens (including phenoxy) is 1. The standard InChI is InChI=1S/C22H27N3O2/c1-2-27-21-8-4-3-6-19(21)15-24-13-17-9-10-20(24)16-25(14-17)22(26)18-7-5-11-23-12-18/h3-8,11-12,17,20H,2,9-10,13-16H2,1H3/t17-,20-/m1/s1. The van der Waals surface area contributed by atoms with Gasteiger partial charge in [0.15, 0.2) is 0 Å². The Morgan fingerprint density at radius 2 is 2.04 bits per heavy atom. The monoisotopic (exact) mass is 365 g/mol. The summed E-state index contributed by atoms with van der Waals surface area (Å²) < 4.78 is 5.81. The van der Waals surface area contributed by atoms with Gasteiger partial charge in [-0.2, -0.15) is 0 Å². The molecule has 0 radical (unpaired) electrons. The van der Waals surface area contributed by atoms with Crippen molar-refractivity contribution in [3.05, 3.63) is 59.9 Å². The van der Waals surface area contributed by atoms with Crippen LogP contribution in [0, 0.1) is 5.92 Å². The van der Waals surface area contributed by atoms with E-state index in [0.29, 0.717) is 24.1 Å². The molecule has 27 heavy (non-hydrogen) atoms. The molecule has 2 atom stereocenters. The van der Waals surface area contributed by atoms with Crippen LogP contribution in [0.2, 0.25) is 0 Å². The van der Waals surface area contributed by atoms with Crippen LogP contribution in [-0.4, -0.2) is 53.0 Å². The fourth-order valence-corrected chi connectivity index (χ4v) is 4.36. The first-order valence-electron chi connectivity index (χ1n) is 9.88. The van der Waals surface area contributed by atoms with Gasteiger partial charge in [-0.3, -0.25) is 14.7 Å². The highest BCUT2D eigenvalue weighted by Crippen LogP contribution is 2.31. The van der Waals surface area contributed by atoms with Crippen molar-refractivity contribution >= 4 is 5.91 Å². The fraction of sp³-hybridized carbons (Fsp3) is 0.455. The molecule has 0 saturated carbocycles. The van der Waals surface area contributed by atoms with Crippen LogP contribution in [-0.2, 0) is 6.54 Å². The Morgan fingerprint density at radius 1 is 1.15 bits per heavy atom. The molecular formula is C22H27N3O2. The van der Waals surface area contributed by atoms with Gasteiger partial charge < -0.3 is 9.64 Å². The molecule has 0 aliphatic carbocycles. The van der Waals surface area contributed by atoms with E-state index in [1.54, 1.807) is 12.4 Å². The Morgan fingerprint density at radius 3 is 2.85 bits per heavy atom. The van der Waals surface area contributed by atoms with Crippen LogP contribution in [0.25, 0.3) is 0 Å². The maximum Gasteiger partial charge on any atom is 0.255 e. The van der Waals surface area contributed by atoms with Crippen LogP contribution in [0.3, 0.4) is 0 Å². The van der Waals surface area contributed by atoms with Crippen LogP contribution in [0.15, 0.2) is 48.8 Å². The van der Waals surface area contributed by atoms with Crippen molar-refractivity contribution in [3.63, 3.8) is 0 Å². The molecule has 1 amide bonds. The molecule has 3 aliphatic heterocycles. The Hall–Kier alpha value is -2.40. The van der Waals surface area contributed by atoms with Crippen molar-refractivity contribution in [2.45, 2.75) is 32.4 Å². The number of fused-ring (bicyclic) bond motifs is 4. The molecule has 3 saturated heterocycles. The predicted molar refractivity (Wildman–Crippen MR) is 105 cm³/mol. The lowest BCUT2D eigenvalue weighted by Gasteiger charge is -2.36. The lowest BCUT2D eigenvalue weighted by Crippen LogP contribution is -2.44. The number of carbonyl (C=O) groups is 1. The maximum absolute atomic E-state index is 12.9. The van der Waals surface area contributed by atoms with E-state index in [2.05, 4.69) is 22.0 Å². The number of pyridine rings is 1. The van der Waals surface area contributed by atoms with Crippen molar-refractivity contribution in [1.29, 1.82) is 0 Å². The zero-order valence-corrected chi connectivity index (χ0v) is 15.9. The predicted octanol–water partition coefficient (Wildman–Crippen LogP) is 3.22. The van der Waals surface area contributed by atoms with Gasteiger partial charge in [0.05, 0.1) is 12.2 Å². The molecule has 0 spiro atoms. The van der Waals surface area contributed by atoms with Crippen LogP contribution in [0.1, 0.15) is 35.7 Å². The molecule has 142 valence electrons. The second kappa shape index (κ2) is 8.09. The number of hydrogen-bond donors (Lipinski definition) is 0. The molecule has 2 bridgehead atoms. The molecule has 5 heteroatoms. The maximum atomic E-state index is 12.9. The molecule has 4 heterocycles. The van der Waals surface area contributed by atoms with Gasteiger partial charge in [-0.1, -0.05) is 18.2 Å². The number of hydrogen-bond acceptors (Lipinski definition) is 4. The van der Waals surface area contributed by atoms with Crippen LogP contribution in [0.4, 0.5) is 0 Å². The second-order valence-corrected chi connectivity index (χ2v) is 7.52. The van der Waals surface area contributed by atoms with Gasteiger partial charge in [-0.25, -0.2) is 0 Å². The number of rotatable bonds is 5. The summed E-state index contributed by atoms with van der Waals surface area (Å²) in [6, 6.07) is 12.4. The number of carbonyl (C=O) groups excluding carboxylic acids is 1. The van der Waals surface area contributed by atoms with E-state index in [9.17, 15) is 4.79 Å². The summed E-state index contributed by atoms with van der Waals surface area (Å²) in [5.41, 5.74) is 1.92. The number of aromatic nitrogens is 1. The van der Waals surface area contributed by atoms with Gasteiger partial charge in [-0.05, 0) is 43.9 Å². The zero-order valence-electron chi connectivity index (χ0n) is 15.9. The summed E-state index contributed by atoms with van der Waals surface area (Å²) in [7, 11) is 0. The van der Waals surface area contributed by atoms with Crippen LogP contribution in [0.5, 0.6) is 5.75 Å². The summed E-state index contributed by atoms with van der Waals surface area (Å²) in [5.74, 6) is 1.61.